The van der Waals surface area contributed by atoms with Crippen molar-refractivity contribution in [2.24, 2.45) is 0 Å². The molecule has 0 spiro atoms. The van der Waals surface area contributed by atoms with E-state index in [-0.39, 0.29) is 23.3 Å². The summed E-state index contributed by atoms with van der Waals surface area (Å²) < 4.78 is 22.3. The van der Waals surface area contributed by atoms with Crippen molar-refractivity contribution in [1.29, 1.82) is 0 Å². The molecule has 0 fully saturated rings. The normalized spacial score (nSPS) is 10.4. The molecule has 2 aromatic carbocycles. The number of nitrogens with zero attached hydrogens (tertiary/aromatic N) is 2. The molecule has 0 unspecified atom stereocenters. The quantitative estimate of drug-likeness (QED) is 0.528. The molecule has 0 N–H and O–H groups in total. The van der Waals surface area contributed by atoms with Crippen LogP contribution >= 0.6 is 0 Å². The molecule has 0 aliphatic heterocycles. The first-order valence-electron chi connectivity index (χ1n) is 6.55. The Morgan fingerprint density at radius 2 is 1.08 bits per heavy atom. The monoisotopic (exact) mass is 352 g/mol. The van der Waals surface area contributed by atoms with E-state index in [1.54, 1.807) is 0 Å². The molecule has 2 aromatic rings. The van der Waals surface area contributed by atoms with Gasteiger partial charge < -0.3 is 9.47 Å². The van der Waals surface area contributed by atoms with Gasteiger partial charge in [0, 0.05) is 24.3 Å². The molecule has 0 saturated heterocycles. The Morgan fingerprint density at radius 1 is 0.750 bits per heavy atom. The van der Waals surface area contributed by atoms with Crippen LogP contribution in [0.25, 0.3) is 0 Å². The lowest BCUT2D eigenvalue weighted by molar-refractivity contribution is -0.385. The maximum Gasteiger partial charge on any atom is 0.269 e. The van der Waals surface area contributed by atoms with E-state index < -0.39 is 20.6 Å². The third-order valence-electron chi connectivity index (χ3n) is 2.81. The summed E-state index contributed by atoms with van der Waals surface area (Å²) in [7, 11) is -1.46. The second kappa shape index (κ2) is 8.02. The molecule has 0 saturated carbocycles. The number of nitro groups is 2. The molecule has 0 aliphatic rings. The van der Waals surface area contributed by atoms with Gasteiger partial charge in [0.05, 0.1) is 20.6 Å². The van der Waals surface area contributed by atoms with E-state index in [0.29, 0.717) is 11.5 Å². The second-order valence-electron chi connectivity index (χ2n) is 4.47. The van der Waals surface area contributed by atoms with Crippen molar-refractivity contribution in [1.82, 2.24) is 0 Å². The summed E-state index contributed by atoms with van der Waals surface area (Å²) in [5, 5.41) is 21.0. The van der Waals surface area contributed by atoms with E-state index >= 15 is 0 Å². The summed E-state index contributed by atoms with van der Waals surface area (Å²) in [5.41, 5.74) is -0.130. The van der Waals surface area contributed by atoms with E-state index in [2.05, 4.69) is 0 Å². The standard InChI is InChI=1S/C14H12N2O7S/c17-15(18)11-1-5-13(6-2-11)22-9-24(21)10-23-14-7-3-12(4-8-14)16(19)20/h1-8H,9-10H2. The van der Waals surface area contributed by atoms with Crippen molar-refractivity contribution in [3.8, 4) is 11.5 Å². The highest BCUT2D eigenvalue weighted by atomic mass is 32.2. The topological polar surface area (TPSA) is 122 Å². The Morgan fingerprint density at radius 3 is 1.38 bits per heavy atom. The number of benzene rings is 2. The average molecular weight is 352 g/mol. The van der Waals surface area contributed by atoms with Gasteiger partial charge >= 0.3 is 0 Å². The first kappa shape index (κ1) is 17.3. The summed E-state index contributed by atoms with van der Waals surface area (Å²) in [6, 6.07) is 10.8. The molecule has 0 aliphatic carbocycles. The van der Waals surface area contributed by atoms with Crippen molar-refractivity contribution >= 4 is 22.2 Å². The maximum atomic E-state index is 11.8. The zero-order valence-corrected chi connectivity index (χ0v) is 13.0. The van der Waals surface area contributed by atoms with Crippen LogP contribution in [0.3, 0.4) is 0 Å². The van der Waals surface area contributed by atoms with Crippen LogP contribution in [0.4, 0.5) is 11.4 Å². The number of hydrogen-bond donors (Lipinski definition) is 0. The van der Waals surface area contributed by atoms with Crippen molar-refractivity contribution in [3.63, 3.8) is 0 Å². The van der Waals surface area contributed by atoms with E-state index in [9.17, 15) is 24.4 Å². The SMILES string of the molecule is O=[N+]([O-])c1ccc(OCS(=O)COc2ccc([N+](=O)[O-])cc2)cc1. The van der Waals surface area contributed by atoms with Crippen molar-refractivity contribution in [3.05, 3.63) is 68.8 Å². The van der Waals surface area contributed by atoms with Crippen LogP contribution in [0.2, 0.25) is 0 Å². The molecule has 0 bridgehead atoms. The van der Waals surface area contributed by atoms with Crippen LogP contribution in [-0.2, 0) is 10.8 Å². The summed E-state index contributed by atoms with van der Waals surface area (Å²) in [4.78, 5) is 20.0. The Hall–Kier alpha value is -3.01. The van der Waals surface area contributed by atoms with Crippen molar-refractivity contribution in [2.75, 3.05) is 11.9 Å². The van der Waals surface area contributed by atoms with E-state index in [1.165, 1.54) is 48.5 Å². The summed E-state index contributed by atoms with van der Waals surface area (Å²) in [6.45, 7) is 0. The highest BCUT2D eigenvalue weighted by Gasteiger charge is 2.08. The van der Waals surface area contributed by atoms with Gasteiger partial charge in [-0.05, 0) is 24.3 Å². The van der Waals surface area contributed by atoms with Gasteiger partial charge in [-0.2, -0.15) is 0 Å². The van der Waals surface area contributed by atoms with Gasteiger partial charge in [0.15, 0.2) is 11.9 Å². The van der Waals surface area contributed by atoms with Crippen LogP contribution in [0.15, 0.2) is 48.5 Å². The summed E-state index contributed by atoms with van der Waals surface area (Å²) in [6.07, 6.45) is 0. The maximum absolute atomic E-state index is 11.8. The lowest BCUT2D eigenvalue weighted by Gasteiger charge is -2.07. The molecule has 0 radical (unpaired) electrons. The predicted octanol–water partition coefficient (Wildman–Crippen LogP) is 2.62. The number of nitro benzene ring substituents is 2. The van der Waals surface area contributed by atoms with Crippen molar-refractivity contribution in [2.45, 2.75) is 0 Å². The van der Waals surface area contributed by atoms with Crippen LogP contribution in [0.5, 0.6) is 11.5 Å². The van der Waals surface area contributed by atoms with Gasteiger partial charge in [0.2, 0.25) is 0 Å². The molecule has 2 rings (SSSR count). The van der Waals surface area contributed by atoms with Gasteiger partial charge in [0.1, 0.15) is 11.5 Å². The predicted molar refractivity (Wildman–Crippen MR) is 85.3 cm³/mol. The first-order valence-corrected chi connectivity index (χ1v) is 8.04. The minimum Gasteiger partial charge on any atom is -0.480 e. The van der Waals surface area contributed by atoms with E-state index in [4.69, 9.17) is 9.47 Å². The molecule has 0 atom stereocenters. The van der Waals surface area contributed by atoms with E-state index in [0.717, 1.165) is 0 Å². The minimum atomic E-state index is -1.46. The van der Waals surface area contributed by atoms with Crippen LogP contribution in [0.1, 0.15) is 0 Å². The number of non-ortho nitro benzene ring substituents is 2. The molecule has 9 nitrogen and oxygen atoms in total. The largest absolute Gasteiger partial charge is 0.480 e. The third-order valence-corrected chi connectivity index (χ3v) is 3.57. The molecule has 126 valence electrons. The van der Waals surface area contributed by atoms with Gasteiger partial charge in [-0.15, -0.1) is 0 Å². The fourth-order valence-electron chi connectivity index (χ4n) is 1.63. The van der Waals surface area contributed by atoms with Crippen LogP contribution < -0.4 is 9.47 Å². The van der Waals surface area contributed by atoms with Gasteiger partial charge in [-0.3, -0.25) is 24.4 Å². The molecule has 10 heteroatoms. The lowest BCUT2D eigenvalue weighted by Crippen LogP contribution is -2.13. The fourth-order valence-corrected chi connectivity index (χ4v) is 2.23. The summed E-state index contributed by atoms with van der Waals surface area (Å²) >= 11 is 0. The van der Waals surface area contributed by atoms with Crippen LogP contribution in [-0.4, -0.2) is 25.9 Å². The Bertz CT molecular complexity index is 683. The van der Waals surface area contributed by atoms with Crippen molar-refractivity contribution < 1.29 is 23.5 Å². The molecule has 0 aromatic heterocycles. The molecular formula is C14H12N2O7S. The van der Waals surface area contributed by atoms with Gasteiger partial charge in [0.25, 0.3) is 11.4 Å². The smallest absolute Gasteiger partial charge is 0.269 e. The number of rotatable bonds is 8. The zero-order valence-electron chi connectivity index (χ0n) is 12.2. The van der Waals surface area contributed by atoms with Gasteiger partial charge in [-0.1, -0.05) is 0 Å². The minimum absolute atomic E-state index is 0.0648. The highest BCUT2D eigenvalue weighted by molar-refractivity contribution is 7.84. The molecular weight excluding hydrogens is 340 g/mol. The number of hydrogen-bond acceptors (Lipinski definition) is 7. The highest BCUT2D eigenvalue weighted by Crippen LogP contribution is 2.19. The second-order valence-corrected chi connectivity index (χ2v) is 5.82. The van der Waals surface area contributed by atoms with Crippen LogP contribution in [0, 0.1) is 20.2 Å². The molecule has 0 heterocycles. The zero-order chi connectivity index (χ0) is 17.5. The van der Waals surface area contributed by atoms with E-state index in [1.807, 2.05) is 0 Å². The summed E-state index contributed by atoms with van der Waals surface area (Å²) in [5.74, 6) is 0.406. The lowest BCUT2D eigenvalue weighted by atomic mass is 10.3. The van der Waals surface area contributed by atoms with Gasteiger partial charge in [-0.25, -0.2) is 0 Å². The Kier molecular flexibility index (Phi) is 5.79. The third kappa shape index (κ3) is 5.02. The number of ether oxygens (including phenoxy) is 2. The average Bonchev–Trinajstić information content (AvgIpc) is 2.58. The Labute approximate surface area is 138 Å². The Balaban J connectivity index is 1.78. The fraction of sp³-hybridized carbons (Fsp3) is 0.143. The molecule has 0 amide bonds. The first-order chi connectivity index (χ1) is 11.5. The molecule has 24 heavy (non-hydrogen) atoms.